The second kappa shape index (κ2) is 5.01. The Kier molecular flexibility index (Phi) is 3.65. The van der Waals surface area contributed by atoms with E-state index in [0.29, 0.717) is 11.5 Å². The molecule has 2 rings (SSSR count). The predicted octanol–water partition coefficient (Wildman–Crippen LogP) is 3.53. The molecule has 0 heterocycles. The van der Waals surface area contributed by atoms with Crippen LogP contribution in [0.3, 0.4) is 0 Å². The molecule has 1 aliphatic carbocycles. The topological polar surface area (TPSA) is 26.0 Å². The van der Waals surface area contributed by atoms with Crippen LogP contribution in [0.4, 0.5) is 0 Å². The van der Waals surface area contributed by atoms with Gasteiger partial charge >= 0.3 is 0 Å². The van der Waals surface area contributed by atoms with Crippen LogP contribution in [-0.4, -0.2) is 6.04 Å². The molecule has 2 N–H and O–H groups in total. The van der Waals surface area contributed by atoms with Gasteiger partial charge in [-0.05, 0) is 36.7 Å². The maximum Gasteiger partial charge on any atom is 0.0136 e. The quantitative estimate of drug-likeness (QED) is 0.820. The summed E-state index contributed by atoms with van der Waals surface area (Å²) in [4.78, 5) is 0. The third-order valence-corrected chi connectivity index (χ3v) is 4.39. The van der Waals surface area contributed by atoms with Crippen LogP contribution in [-0.2, 0) is 6.42 Å². The van der Waals surface area contributed by atoms with Gasteiger partial charge in [-0.15, -0.1) is 0 Å². The smallest absolute Gasteiger partial charge is 0.0136 e. The summed E-state index contributed by atoms with van der Waals surface area (Å²) in [7, 11) is 0. The van der Waals surface area contributed by atoms with Crippen molar-refractivity contribution in [2.45, 2.75) is 51.5 Å². The molecule has 0 saturated heterocycles. The first-order valence-electron chi connectivity index (χ1n) is 6.56. The van der Waals surface area contributed by atoms with E-state index in [1.54, 1.807) is 0 Å². The lowest BCUT2D eigenvalue weighted by atomic mass is 9.74. The zero-order chi connectivity index (χ0) is 11.4. The van der Waals surface area contributed by atoms with Crippen LogP contribution in [0, 0.1) is 5.41 Å². The van der Waals surface area contributed by atoms with Gasteiger partial charge in [0, 0.05) is 6.04 Å². The summed E-state index contributed by atoms with van der Waals surface area (Å²) in [6.45, 7) is 2.30. The second-order valence-electron chi connectivity index (χ2n) is 5.22. The van der Waals surface area contributed by atoms with E-state index in [-0.39, 0.29) is 0 Å². The molecule has 1 unspecified atom stereocenters. The Morgan fingerprint density at radius 3 is 2.38 bits per heavy atom. The maximum absolute atomic E-state index is 6.46. The summed E-state index contributed by atoms with van der Waals surface area (Å²) in [5.41, 5.74) is 8.27. The second-order valence-corrected chi connectivity index (χ2v) is 5.22. The highest BCUT2D eigenvalue weighted by molar-refractivity contribution is 5.17. The normalized spacial score (nSPS) is 20.9. The molecule has 16 heavy (non-hydrogen) atoms. The van der Waals surface area contributed by atoms with Gasteiger partial charge < -0.3 is 5.73 Å². The first-order valence-corrected chi connectivity index (χ1v) is 6.56. The van der Waals surface area contributed by atoms with E-state index in [1.807, 2.05) is 0 Å². The Balaban J connectivity index is 2.04. The van der Waals surface area contributed by atoms with Gasteiger partial charge in [-0.2, -0.15) is 0 Å². The molecule has 1 saturated carbocycles. The Hall–Kier alpha value is -0.820. The predicted molar refractivity (Wildman–Crippen MR) is 69.3 cm³/mol. The van der Waals surface area contributed by atoms with E-state index < -0.39 is 0 Å². The molecular formula is C15H23N. The van der Waals surface area contributed by atoms with Gasteiger partial charge in [-0.3, -0.25) is 0 Å². The highest BCUT2D eigenvalue weighted by Crippen LogP contribution is 2.43. The summed E-state index contributed by atoms with van der Waals surface area (Å²) in [6.07, 6.45) is 7.68. The molecule has 0 spiro atoms. The molecule has 1 aromatic carbocycles. The molecule has 1 nitrogen and oxygen atoms in total. The first-order chi connectivity index (χ1) is 7.77. The Bertz CT molecular complexity index is 311. The molecule has 1 aromatic rings. The monoisotopic (exact) mass is 217 g/mol. The number of rotatable bonds is 4. The molecule has 0 radical (unpaired) electrons. The third-order valence-electron chi connectivity index (χ3n) is 4.39. The van der Waals surface area contributed by atoms with Crippen molar-refractivity contribution in [2.24, 2.45) is 11.1 Å². The van der Waals surface area contributed by atoms with Crippen molar-refractivity contribution in [3.05, 3.63) is 35.9 Å². The van der Waals surface area contributed by atoms with E-state index in [0.717, 1.165) is 6.42 Å². The fraction of sp³-hybridized carbons (Fsp3) is 0.600. The van der Waals surface area contributed by atoms with Crippen LogP contribution in [0.25, 0.3) is 0 Å². The first kappa shape index (κ1) is 11.7. The van der Waals surface area contributed by atoms with Crippen LogP contribution in [0.15, 0.2) is 30.3 Å². The molecule has 1 aliphatic rings. The van der Waals surface area contributed by atoms with Crippen molar-refractivity contribution in [3.8, 4) is 0 Å². The van der Waals surface area contributed by atoms with Gasteiger partial charge in [-0.1, -0.05) is 50.1 Å². The van der Waals surface area contributed by atoms with E-state index in [4.69, 9.17) is 5.73 Å². The lowest BCUT2D eigenvalue weighted by Gasteiger charge is -2.34. The molecule has 1 atom stereocenters. The maximum atomic E-state index is 6.46. The standard InChI is InChI=1S/C15H23N/c1-2-15(10-6-7-11-15)14(16)12-13-8-4-3-5-9-13/h3-5,8-9,14H,2,6-7,10-12,16H2,1H3. The van der Waals surface area contributed by atoms with Crippen molar-refractivity contribution in [1.29, 1.82) is 0 Å². The number of nitrogens with two attached hydrogens (primary N) is 1. The van der Waals surface area contributed by atoms with E-state index in [1.165, 1.54) is 37.7 Å². The summed E-state index contributed by atoms with van der Waals surface area (Å²) in [5, 5.41) is 0. The molecule has 1 fully saturated rings. The molecular weight excluding hydrogens is 194 g/mol. The zero-order valence-corrected chi connectivity index (χ0v) is 10.3. The molecule has 0 aromatic heterocycles. The minimum atomic E-state index is 0.336. The summed E-state index contributed by atoms with van der Waals surface area (Å²) in [5.74, 6) is 0. The summed E-state index contributed by atoms with van der Waals surface area (Å²) < 4.78 is 0. The fourth-order valence-electron chi connectivity index (χ4n) is 3.15. The van der Waals surface area contributed by atoms with Crippen molar-refractivity contribution < 1.29 is 0 Å². The average molecular weight is 217 g/mol. The molecule has 88 valence electrons. The van der Waals surface area contributed by atoms with Gasteiger partial charge in [0.1, 0.15) is 0 Å². The number of benzene rings is 1. The highest BCUT2D eigenvalue weighted by atomic mass is 14.7. The molecule has 1 heteroatoms. The van der Waals surface area contributed by atoms with Crippen LogP contribution >= 0.6 is 0 Å². The fourth-order valence-corrected chi connectivity index (χ4v) is 3.15. The lowest BCUT2D eigenvalue weighted by Crippen LogP contribution is -2.41. The van der Waals surface area contributed by atoms with Gasteiger partial charge in [0.05, 0.1) is 0 Å². The third kappa shape index (κ3) is 2.30. The molecule has 0 aliphatic heterocycles. The van der Waals surface area contributed by atoms with Gasteiger partial charge in [0.15, 0.2) is 0 Å². The number of hydrogen-bond donors (Lipinski definition) is 1. The van der Waals surface area contributed by atoms with Crippen molar-refractivity contribution in [1.82, 2.24) is 0 Å². The summed E-state index contributed by atoms with van der Waals surface area (Å²) in [6, 6.07) is 11.0. The Morgan fingerprint density at radius 1 is 1.19 bits per heavy atom. The SMILES string of the molecule is CCC1(C(N)Cc2ccccc2)CCCC1. The van der Waals surface area contributed by atoms with Gasteiger partial charge in [0.25, 0.3) is 0 Å². The molecule has 0 bridgehead atoms. The van der Waals surface area contributed by atoms with E-state index >= 15 is 0 Å². The van der Waals surface area contributed by atoms with Crippen molar-refractivity contribution in [3.63, 3.8) is 0 Å². The highest BCUT2D eigenvalue weighted by Gasteiger charge is 2.37. The minimum Gasteiger partial charge on any atom is -0.327 e. The lowest BCUT2D eigenvalue weighted by molar-refractivity contribution is 0.219. The van der Waals surface area contributed by atoms with E-state index in [2.05, 4.69) is 37.3 Å². The minimum absolute atomic E-state index is 0.336. The van der Waals surface area contributed by atoms with Crippen molar-refractivity contribution in [2.75, 3.05) is 0 Å². The molecule has 0 amide bonds. The van der Waals surface area contributed by atoms with E-state index in [9.17, 15) is 0 Å². The van der Waals surface area contributed by atoms with Crippen molar-refractivity contribution >= 4 is 0 Å². The zero-order valence-electron chi connectivity index (χ0n) is 10.3. The van der Waals surface area contributed by atoms with Crippen LogP contribution in [0.1, 0.15) is 44.6 Å². The Morgan fingerprint density at radius 2 is 1.81 bits per heavy atom. The Labute approximate surface area is 99.0 Å². The van der Waals surface area contributed by atoms with Gasteiger partial charge in [0.2, 0.25) is 0 Å². The average Bonchev–Trinajstić information content (AvgIpc) is 2.80. The summed E-state index contributed by atoms with van der Waals surface area (Å²) >= 11 is 0. The number of hydrogen-bond acceptors (Lipinski definition) is 1. The largest absolute Gasteiger partial charge is 0.327 e. The van der Waals surface area contributed by atoms with Crippen LogP contribution < -0.4 is 5.73 Å². The van der Waals surface area contributed by atoms with Gasteiger partial charge in [-0.25, -0.2) is 0 Å². The van der Waals surface area contributed by atoms with Crippen LogP contribution in [0.5, 0.6) is 0 Å². The van der Waals surface area contributed by atoms with Crippen LogP contribution in [0.2, 0.25) is 0 Å².